The van der Waals surface area contributed by atoms with Crippen LogP contribution in [0.25, 0.3) is 0 Å². The van der Waals surface area contributed by atoms with Crippen LogP contribution in [0.15, 0.2) is 6.07 Å². The zero-order valence-corrected chi connectivity index (χ0v) is 12.6. The van der Waals surface area contributed by atoms with E-state index < -0.39 is 0 Å². The van der Waals surface area contributed by atoms with Gasteiger partial charge in [-0.2, -0.15) is 0 Å². The molecule has 4 heteroatoms. The molecule has 1 fully saturated rings. The second-order valence-electron chi connectivity index (χ2n) is 6.13. The van der Waals surface area contributed by atoms with Crippen molar-refractivity contribution in [2.24, 2.45) is 5.92 Å². The van der Waals surface area contributed by atoms with Crippen molar-refractivity contribution in [3.63, 3.8) is 0 Å². The van der Waals surface area contributed by atoms with Crippen molar-refractivity contribution >= 4 is 0 Å². The SMILES string of the molecule is Cc1cc(CC(C)C)nc(CC2CN(C)CCN2)n1. The average Bonchev–Trinajstić information content (AvgIpc) is 2.26. The third-order valence-electron chi connectivity index (χ3n) is 3.46. The molecule has 1 aromatic heterocycles. The monoisotopic (exact) mass is 262 g/mol. The van der Waals surface area contributed by atoms with Crippen LogP contribution in [0.4, 0.5) is 0 Å². The number of piperazine rings is 1. The Hall–Kier alpha value is -1.00. The fourth-order valence-corrected chi connectivity index (χ4v) is 2.66. The minimum Gasteiger partial charge on any atom is -0.311 e. The minimum atomic E-state index is 0.479. The highest BCUT2D eigenvalue weighted by atomic mass is 15.2. The summed E-state index contributed by atoms with van der Waals surface area (Å²) in [6.45, 7) is 9.80. The highest BCUT2D eigenvalue weighted by Gasteiger charge is 2.18. The number of likely N-dealkylation sites (N-methyl/N-ethyl adjacent to an activating group) is 1. The van der Waals surface area contributed by atoms with Gasteiger partial charge in [-0.15, -0.1) is 0 Å². The number of aryl methyl sites for hydroxylation is 1. The van der Waals surface area contributed by atoms with Gasteiger partial charge >= 0.3 is 0 Å². The number of hydrogen-bond donors (Lipinski definition) is 1. The van der Waals surface area contributed by atoms with Gasteiger partial charge in [0.05, 0.1) is 0 Å². The first-order valence-electron chi connectivity index (χ1n) is 7.28. The zero-order valence-electron chi connectivity index (χ0n) is 12.6. The molecule has 0 spiro atoms. The van der Waals surface area contributed by atoms with Crippen LogP contribution < -0.4 is 5.32 Å². The summed E-state index contributed by atoms with van der Waals surface area (Å²) in [4.78, 5) is 11.7. The third kappa shape index (κ3) is 4.55. The standard InChI is InChI=1S/C15H26N4/c1-11(2)7-13-8-12(3)17-15(18-13)9-14-10-19(4)6-5-16-14/h8,11,14,16H,5-7,9-10H2,1-4H3. The molecular formula is C15H26N4. The van der Waals surface area contributed by atoms with Gasteiger partial charge in [0.15, 0.2) is 0 Å². The maximum atomic E-state index is 4.72. The van der Waals surface area contributed by atoms with Gasteiger partial charge in [-0.3, -0.25) is 0 Å². The number of aromatic nitrogens is 2. The summed E-state index contributed by atoms with van der Waals surface area (Å²) in [7, 11) is 2.18. The summed E-state index contributed by atoms with van der Waals surface area (Å²) >= 11 is 0. The molecule has 1 aliphatic rings. The molecule has 2 rings (SSSR count). The predicted molar refractivity (Wildman–Crippen MR) is 78.3 cm³/mol. The molecule has 1 aromatic rings. The largest absolute Gasteiger partial charge is 0.311 e. The first-order valence-corrected chi connectivity index (χ1v) is 7.28. The molecule has 0 amide bonds. The lowest BCUT2D eigenvalue weighted by Gasteiger charge is -2.30. The van der Waals surface area contributed by atoms with E-state index in [0.29, 0.717) is 12.0 Å². The van der Waals surface area contributed by atoms with Crippen molar-refractivity contribution in [1.82, 2.24) is 20.2 Å². The Bertz CT molecular complexity index is 417. The quantitative estimate of drug-likeness (QED) is 0.891. The molecule has 0 aromatic carbocycles. The molecule has 1 saturated heterocycles. The number of nitrogens with one attached hydrogen (secondary N) is 1. The maximum absolute atomic E-state index is 4.72. The predicted octanol–water partition coefficient (Wildman–Crippen LogP) is 1.43. The lowest BCUT2D eigenvalue weighted by Crippen LogP contribution is -2.50. The van der Waals surface area contributed by atoms with Gasteiger partial charge in [0.25, 0.3) is 0 Å². The summed E-state index contributed by atoms with van der Waals surface area (Å²) < 4.78 is 0. The van der Waals surface area contributed by atoms with E-state index in [2.05, 4.69) is 49.1 Å². The Kier molecular flexibility index (Phi) is 4.88. The van der Waals surface area contributed by atoms with Crippen LogP contribution in [0, 0.1) is 12.8 Å². The van der Waals surface area contributed by atoms with Crippen LogP contribution in [0.1, 0.15) is 31.1 Å². The summed E-state index contributed by atoms with van der Waals surface area (Å²) in [5, 5.41) is 3.56. The lowest BCUT2D eigenvalue weighted by molar-refractivity contribution is 0.236. The van der Waals surface area contributed by atoms with Gasteiger partial charge in [0, 0.05) is 43.5 Å². The molecule has 1 atom stereocenters. The van der Waals surface area contributed by atoms with Gasteiger partial charge in [-0.1, -0.05) is 13.8 Å². The molecule has 1 aliphatic heterocycles. The van der Waals surface area contributed by atoms with Crippen LogP contribution >= 0.6 is 0 Å². The summed E-state index contributed by atoms with van der Waals surface area (Å²) in [5.41, 5.74) is 2.27. The topological polar surface area (TPSA) is 41.1 Å². The molecule has 0 bridgehead atoms. The molecule has 2 heterocycles. The molecule has 4 nitrogen and oxygen atoms in total. The van der Waals surface area contributed by atoms with Gasteiger partial charge in [0.1, 0.15) is 5.82 Å². The van der Waals surface area contributed by atoms with Gasteiger partial charge in [-0.25, -0.2) is 9.97 Å². The van der Waals surface area contributed by atoms with Crippen LogP contribution in [0.3, 0.4) is 0 Å². The minimum absolute atomic E-state index is 0.479. The first-order chi connectivity index (χ1) is 9.02. The highest BCUT2D eigenvalue weighted by Crippen LogP contribution is 2.09. The van der Waals surface area contributed by atoms with E-state index in [4.69, 9.17) is 4.98 Å². The van der Waals surface area contributed by atoms with E-state index in [1.54, 1.807) is 0 Å². The zero-order chi connectivity index (χ0) is 13.8. The summed E-state index contributed by atoms with van der Waals surface area (Å²) in [5.74, 6) is 1.63. The third-order valence-corrected chi connectivity index (χ3v) is 3.46. The molecule has 1 unspecified atom stereocenters. The van der Waals surface area contributed by atoms with Crippen LogP contribution in [-0.4, -0.2) is 47.6 Å². The fraction of sp³-hybridized carbons (Fsp3) is 0.733. The molecule has 106 valence electrons. The van der Waals surface area contributed by atoms with E-state index in [9.17, 15) is 0 Å². The van der Waals surface area contributed by atoms with Gasteiger partial charge < -0.3 is 10.2 Å². The normalized spacial score (nSPS) is 21.0. The highest BCUT2D eigenvalue weighted by molar-refractivity contribution is 5.11. The van der Waals surface area contributed by atoms with Crippen molar-refractivity contribution in [1.29, 1.82) is 0 Å². The van der Waals surface area contributed by atoms with Crippen molar-refractivity contribution < 1.29 is 0 Å². The average molecular weight is 262 g/mol. The van der Waals surface area contributed by atoms with Crippen molar-refractivity contribution in [3.05, 3.63) is 23.3 Å². The van der Waals surface area contributed by atoms with E-state index in [1.165, 1.54) is 5.69 Å². The molecule has 0 saturated carbocycles. The lowest BCUT2D eigenvalue weighted by atomic mass is 10.1. The van der Waals surface area contributed by atoms with E-state index in [1.807, 2.05) is 0 Å². The molecular weight excluding hydrogens is 236 g/mol. The Morgan fingerprint density at radius 1 is 1.42 bits per heavy atom. The van der Waals surface area contributed by atoms with E-state index >= 15 is 0 Å². The van der Waals surface area contributed by atoms with Gasteiger partial charge in [0.2, 0.25) is 0 Å². The molecule has 0 aliphatic carbocycles. The second kappa shape index (κ2) is 6.44. The van der Waals surface area contributed by atoms with Crippen molar-refractivity contribution in [3.8, 4) is 0 Å². The summed E-state index contributed by atoms with van der Waals surface area (Å²) in [6, 6.07) is 2.59. The molecule has 0 radical (unpaired) electrons. The van der Waals surface area contributed by atoms with E-state index in [-0.39, 0.29) is 0 Å². The molecule has 1 N–H and O–H groups in total. The summed E-state index contributed by atoms with van der Waals surface area (Å²) in [6.07, 6.45) is 1.96. The molecule has 19 heavy (non-hydrogen) atoms. The van der Waals surface area contributed by atoms with Crippen LogP contribution in [0.2, 0.25) is 0 Å². The number of rotatable bonds is 4. The van der Waals surface area contributed by atoms with Crippen molar-refractivity contribution in [2.75, 3.05) is 26.7 Å². The Morgan fingerprint density at radius 2 is 2.21 bits per heavy atom. The van der Waals surface area contributed by atoms with E-state index in [0.717, 1.165) is 44.0 Å². The van der Waals surface area contributed by atoms with Crippen molar-refractivity contribution in [2.45, 2.75) is 39.7 Å². The number of hydrogen-bond acceptors (Lipinski definition) is 4. The number of nitrogens with zero attached hydrogens (tertiary/aromatic N) is 3. The fourth-order valence-electron chi connectivity index (χ4n) is 2.66. The Balaban J connectivity index is 2.04. The smallest absolute Gasteiger partial charge is 0.130 e. The Labute approximate surface area is 116 Å². The van der Waals surface area contributed by atoms with Crippen LogP contribution in [-0.2, 0) is 12.8 Å². The first kappa shape index (κ1) is 14.4. The van der Waals surface area contributed by atoms with Gasteiger partial charge in [-0.05, 0) is 32.4 Å². The van der Waals surface area contributed by atoms with Crippen LogP contribution in [0.5, 0.6) is 0 Å². The maximum Gasteiger partial charge on any atom is 0.130 e. The Morgan fingerprint density at radius 3 is 2.89 bits per heavy atom. The second-order valence-corrected chi connectivity index (χ2v) is 6.13.